The van der Waals surface area contributed by atoms with Crippen molar-refractivity contribution < 1.29 is 9.31 Å². The third-order valence-corrected chi connectivity index (χ3v) is 4.00. The fourth-order valence-corrected chi connectivity index (χ4v) is 1.94. The molecule has 0 bridgehead atoms. The molecule has 110 valence electrons. The van der Waals surface area contributed by atoms with Crippen LogP contribution in [0.1, 0.15) is 41.5 Å². The highest BCUT2D eigenvalue weighted by Gasteiger charge is 2.51. The first-order valence-electron chi connectivity index (χ1n) is 7.27. The van der Waals surface area contributed by atoms with Crippen LogP contribution in [-0.2, 0) is 9.31 Å². The summed E-state index contributed by atoms with van der Waals surface area (Å²) >= 11 is 0. The minimum Gasteiger partial charge on any atom is -0.399 e. The van der Waals surface area contributed by atoms with Gasteiger partial charge in [-0.3, -0.25) is 0 Å². The lowest BCUT2D eigenvalue weighted by Gasteiger charge is -2.32. The second kappa shape index (κ2) is 5.37. The molecular weight excluding hydrogens is 251 g/mol. The third-order valence-electron chi connectivity index (χ3n) is 4.00. The van der Waals surface area contributed by atoms with Crippen molar-refractivity contribution in [2.45, 2.75) is 52.7 Å². The Bertz CT molecular complexity index is 441. The Labute approximate surface area is 122 Å². The first-order chi connectivity index (χ1) is 9.21. The summed E-state index contributed by atoms with van der Waals surface area (Å²) in [6.07, 6.45) is 1.82. The predicted octanol–water partition coefficient (Wildman–Crippen LogP) is 2.45. The Kier molecular flexibility index (Phi) is 4.12. The average molecular weight is 276 g/mol. The van der Waals surface area contributed by atoms with Gasteiger partial charge in [-0.1, -0.05) is 19.9 Å². The standard InChI is InChI=1S/C15H25BN2O2/c1-11(2)9-17-13-8-7-12(10-18-13)16-19-14(3,4)15(5,6)20-16/h7-8,10-11H,9H2,1-6H3,(H,17,18). The molecule has 2 rings (SSSR count). The maximum Gasteiger partial charge on any atom is 0.496 e. The van der Waals surface area contributed by atoms with Crippen LogP contribution in [0.3, 0.4) is 0 Å². The van der Waals surface area contributed by atoms with Gasteiger partial charge in [0.1, 0.15) is 5.82 Å². The van der Waals surface area contributed by atoms with Gasteiger partial charge in [0.25, 0.3) is 0 Å². The Morgan fingerprint density at radius 1 is 1.15 bits per heavy atom. The van der Waals surface area contributed by atoms with Gasteiger partial charge in [0, 0.05) is 18.2 Å². The molecule has 1 fully saturated rings. The number of nitrogens with one attached hydrogen (secondary N) is 1. The molecule has 0 atom stereocenters. The number of pyridine rings is 1. The van der Waals surface area contributed by atoms with E-state index in [4.69, 9.17) is 9.31 Å². The number of aromatic nitrogens is 1. The van der Waals surface area contributed by atoms with Gasteiger partial charge in [0.15, 0.2) is 0 Å². The normalized spacial score (nSPS) is 20.4. The minimum absolute atomic E-state index is 0.313. The van der Waals surface area contributed by atoms with Crippen LogP contribution in [0.4, 0.5) is 5.82 Å². The molecule has 1 aromatic rings. The van der Waals surface area contributed by atoms with E-state index >= 15 is 0 Å². The number of hydrogen-bond acceptors (Lipinski definition) is 4. The summed E-state index contributed by atoms with van der Waals surface area (Å²) in [5, 5.41) is 3.30. The van der Waals surface area contributed by atoms with E-state index < -0.39 is 0 Å². The maximum atomic E-state index is 6.01. The molecule has 1 aromatic heterocycles. The van der Waals surface area contributed by atoms with Gasteiger partial charge in [0.05, 0.1) is 11.2 Å². The molecule has 0 aliphatic carbocycles. The Morgan fingerprint density at radius 3 is 2.20 bits per heavy atom. The highest BCUT2D eigenvalue weighted by Crippen LogP contribution is 2.36. The summed E-state index contributed by atoms with van der Waals surface area (Å²) in [5.74, 6) is 1.48. The fraction of sp³-hybridized carbons (Fsp3) is 0.667. The molecule has 5 heteroatoms. The molecule has 0 spiro atoms. The van der Waals surface area contributed by atoms with Crippen LogP contribution < -0.4 is 10.8 Å². The first kappa shape index (κ1) is 15.3. The van der Waals surface area contributed by atoms with Crippen molar-refractivity contribution in [1.82, 2.24) is 4.98 Å². The zero-order valence-corrected chi connectivity index (χ0v) is 13.4. The van der Waals surface area contributed by atoms with Crippen LogP contribution in [0.5, 0.6) is 0 Å². The zero-order valence-electron chi connectivity index (χ0n) is 13.4. The second-order valence-electron chi connectivity index (χ2n) is 6.84. The molecule has 1 N–H and O–H groups in total. The lowest BCUT2D eigenvalue weighted by molar-refractivity contribution is 0.00578. The number of rotatable bonds is 4. The van der Waals surface area contributed by atoms with Crippen LogP contribution in [-0.4, -0.2) is 29.8 Å². The van der Waals surface area contributed by atoms with Gasteiger partial charge in [-0.15, -0.1) is 0 Å². The molecule has 2 heterocycles. The van der Waals surface area contributed by atoms with Gasteiger partial charge >= 0.3 is 7.12 Å². The van der Waals surface area contributed by atoms with Gasteiger partial charge < -0.3 is 14.6 Å². The van der Waals surface area contributed by atoms with Gasteiger partial charge in [0.2, 0.25) is 0 Å². The number of nitrogens with zero attached hydrogens (tertiary/aromatic N) is 1. The topological polar surface area (TPSA) is 43.4 Å². The van der Waals surface area contributed by atoms with E-state index in [9.17, 15) is 0 Å². The summed E-state index contributed by atoms with van der Waals surface area (Å²) < 4.78 is 12.0. The van der Waals surface area contributed by atoms with Crippen molar-refractivity contribution in [3.63, 3.8) is 0 Å². The lowest BCUT2D eigenvalue weighted by atomic mass is 9.80. The van der Waals surface area contributed by atoms with E-state index in [1.807, 2.05) is 18.3 Å². The molecule has 20 heavy (non-hydrogen) atoms. The second-order valence-corrected chi connectivity index (χ2v) is 6.84. The molecule has 0 amide bonds. The van der Waals surface area contributed by atoms with E-state index in [0.717, 1.165) is 17.8 Å². The highest BCUT2D eigenvalue weighted by atomic mass is 16.7. The monoisotopic (exact) mass is 276 g/mol. The van der Waals surface area contributed by atoms with E-state index in [1.54, 1.807) is 0 Å². The molecule has 0 unspecified atom stereocenters. The summed E-state index contributed by atoms with van der Waals surface area (Å²) in [6, 6.07) is 3.99. The van der Waals surface area contributed by atoms with Crippen molar-refractivity contribution in [2.24, 2.45) is 5.92 Å². The van der Waals surface area contributed by atoms with E-state index in [2.05, 4.69) is 51.8 Å². The van der Waals surface area contributed by atoms with Crippen LogP contribution in [0.2, 0.25) is 0 Å². The molecule has 0 radical (unpaired) electrons. The summed E-state index contributed by atoms with van der Waals surface area (Å²) in [4.78, 5) is 4.42. The smallest absolute Gasteiger partial charge is 0.399 e. The summed E-state index contributed by atoms with van der Waals surface area (Å²) in [6.45, 7) is 13.5. The van der Waals surface area contributed by atoms with Crippen molar-refractivity contribution in [1.29, 1.82) is 0 Å². The maximum absolute atomic E-state index is 6.01. The molecule has 1 aliphatic heterocycles. The van der Waals surface area contributed by atoms with Gasteiger partial charge in [-0.2, -0.15) is 0 Å². The largest absolute Gasteiger partial charge is 0.496 e. The van der Waals surface area contributed by atoms with Crippen LogP contribution in [0, 0.1) is 5.92 Å². The SMILES string of the molecule is CC(C)CNc1ccc(B2OC(C)(C)C(C)(C)O2)cn1. The summed E-state index contributed by atoms with van der Waals surface area (Å²) in [7, 11) is -0.341. The van der Waals surface area contributed by atoms with Crippen molar-refractivity contribution >= 4 is 18.4 Å². The fourth-order valence-electron chi connectivity index (χ4n) is 1.94. The van der Waals surface area contributed by atoms with Crippen molar-refractivity contribution in [3.05, 3.63) is 18.3 Å². The first-order valence-corrected chi connectivity index (χ1v) is 7.27. The van der Waals surface area contributed by atoms with Gasteiger partial charge in [-0.25, -0.2) is 4.98 Å². The van der Waals surface area contributed by atoms with E-state index in [1.165, 1.54) is 0 Å². The predicted molar refractivity (Wildman–Crippen MR) is 83.3 cm³/mol. The minimum atomic E-state index is -0.341. The van der Waals surface area contributed by atoms with Crippen molar-refractivity contribution in [3.8, 4) is 0 Å². The summed E-state index contributed by atoms with van der Waals surface area (Å²) in [5.41, 5.74) is 0.331. The molecule has 1 aliphatic rings. The average Bonchev–Trinajstić information content (AvgIpc) is 2.56. The Hall–Kier alpha value is -1.07. The third kappa shape index (κ3) is 3.15. The molecule has 4 nitrogen and oxygen atoms in total. The quantitative estimate of drug-likeness (QED) is 0.858. The van der Waals surface area contributed by atoms with E-state index in [0.29, 0.717) is 5.92 Å². The highest BCUT2D eigenvalue weighted by molar-refractivity contribution is 6.62. The van der Waals surface area contributed by atoms with Crippen molar-refractivity contribution in [2.75, 3.05) is 11.9 Å². The molecule has 1 saturated heterocycles. The number of anilines is 1. The van der Waals surface area contributed by atoms with Crippen LogP contribution in [0.15, 0.2) is 18.3 Å². The lowest BCUT2D eigenvalue weighted by Crippen LogP contribution is -2.41. The molecule has 0 saturated carbocycles. The molecular formula is C15H25BN2O2. The van der Waals surface area contributed by atoms with Gasteiger partial charge in [-0.05, 0) is 39.7 Å². The molecule has 0 aromatic carbocycles. The zero-order chi connectivity index (χ0) is 15.0. The van der Waals surface area contributed by atoms with E-state index in [-0.39, 0.29) is 18.3 Å². The Morgan fingerprint density at radius 2 is 1.75 bits per heavy atom. The Balaban J connectivity index is 2.05. The van der Waals surface area contributed by atoms with Crippen LogP contribution in [0.25, 0.3) is 0 Å². The van der Waals surface area contributed by atoms with Crippen LogP contribution >= 0.6 is 0 Å². The number of hydrogen-bond donors (Lipinski definition) is 1.